The molecule has 3 N–H and O–H groups in total. The van der Waals surface area contributed by atoms with Crippen molar-refractivity contribution >= 4 is 28.6 Å². The van der Waals surface area contributed by atoms with Crippen LogP contribution in [0.1, 0.15) is 19.3 Å². The zero-order valence-corrected chi connectivity index (χ0v) is 12.9. The van der Waals surface area contributed by atoms with Crippen molar-refractivity contribution in [1.29, 1.82) is 0 Å². The van der Waals surface area contributed by atoms with Gasteiger partial charge in [-0.2, -0.15) is 0 Å². The summed E-state index contributed by atoms with van der Waals surface area (Å²) in [6.45, 7) is 5.11. The molecule has 1 atom stereocenters. The van der Waals surface area contributed by atoms with E-state index in [4.69, 9.17) is 5.73 Å². The molecule has 120 valence electrons. The van der Waals surface area contributed by atoms with E-state index in [2.05, 4.69) is 31.7 Å². The van der Waals surface area contributed by atoms with Crippen molar-refractivity contribution < 1.29 is 4.79 Å². The zero-order valence-electron chi connectivity index (χ0n) is 12.9. The fourth-order valence-electron chi connectivity index (χ4n) is 2.85. The van der Waals surface area contributed by atoms with E-state index in [1.807, 2.05) is 12.1 Å². The standard InChI is InChI=1S/C16H20N6O/c1-2-14(23)20-11-5-3-4-8-22(9-11)13-7-6-12-15(21-13)16(17)19-10-18-12/h2,6-7,10-11H,1,3-5,8-9H2,(H,20,23)(H2,17,18,19)/t11-/m1/s1. The number of carbonyl (C=O) groups excluding carboxylic acids is 1. The van der Waals surface area contributed by atoms with Crippen LogP contribution in [0.3, 0.4) is 0 Å². The molecule has 3 rings (SSSR count). The van der Waals surface area contributed by atoms with E-state index in [1.54, 1.807) is 0 Å². The van der Waals surface area contributed by atoms with E-state index in [-0.39, 0.29) is 11.9 Å². The van der Waals surface area contributed by atoms with Gasteiger partial charge < -0.3 is 16.0 Å². The summed E-state index contributed by atoms with van der Waals surface area (Å²) in [4.78, 5) is 26.5. The molecule has 1 saturated heterocycles. The van der Waals surface area contributed by atoms with Gasteiger partial charge in [0.1, 0.15) is 17.7 Å². The zero-order chi connectivity index (χ0) is 16.2. The van der Waals surface area contributed by atoms with Gasteiger partial charge in [0, 0.05) is 19.1 Å². The van der Waals surface area contributed by atoms with Crippen molar-refractivity contribution in [3.8, 4) is 0 Å². The van der Waals surface area contributed by atoms with Crippen molar-refractivity contribution in [2.45, 2.75) is 25.3 Å². The van der Waals surface area contributed by atoms with Crippen LogP contribution in [0.25, 0.3) is 11.0 Å². The molecular weight excluding hydrogens is 292 g/mol. The van der Waals surface area contributed by atoms with Crippen molar-refractivity contribution in [1.82, 2.24) is 20.3 Å². The van der Waals surface area contributed by atoms with E-state index in [0.717, 1.165) is 37.1 Å². The lowest BCUT2D eigenvalue weighted by Crippen LogP contribution is -2.42. The van der Waals surface area contributed by atoms with Gasteiger partial charge >= 0.3 is 0 Å². The minimum Gasteiger partial charge on any atom is -0.382 e. The lowest BCUT2D eigenvalue weighted by atomic mass is 10.1. The summed E-state index contributed by atoms with van der Waals surface area (Å²) in [6.07, 6.45) is 5.82. The predicted molar refractivity (Wildman–Crippen MR) is 89.9 cm³/mol. The molecule has 0 saturated carbocycles. The maximum atomic E-state index is 11.6. The Hall–Kier alpha value is -2.70. The number of nitrogens with one attached hydrogen (secondary N) is 1. The molecule has 7 nitrogen and oxygen atoms in total. The second-order valence-corrected chi connectivity index (χ2v) is 5.65. The number of aromatic nitrogens is 3. The van der Waals surface area contributed by atoms with Crippen molar-refractivity contribution in [2.24, 2.45) is 0 Å². The number of fused-ring (bicyclic) bond motifs is 1. The van der Waals surface area contributed by atoms with E-state index in [0.29, 0.717) is 17.9 Å². The summed E-state index contributed by atoms with van der Waals surface area (Å²) in [5.74, 6) is 1.07. The van der Waals surface area contributed by atoms with Crippen LogP contribution in [-0.4, -0.2) is 40.0 Å². The second-order valence-electron chi connectivity index (χ2n) is 5.65. The monoisotopic (exact) mass is 312 g/mol. The van der Waals surface area contributed by atoms with E-state index in [9.17, 15) is 4.79 Å². The molecule has 7 heteroatoms. The molecule has 2 aromatic heterocycles. The highest BCUT2D eigenvalue weighted by Gasteiger charge is 2.20. The van der Waals surface area contributed by atoms with Crippen LogP contribution in [0.4, 0.5) is 11.6 Å². The van der Waals surface area contributed by atoms with Gasteiger partial charge in [0.15, 0.2) is 5.82 Å². The van der Waals surface area contributed by atoms with Crippen LogP contribution in [0.5, 0.6) is 0 Å². The molecule has 2 aromatic rings. The highest BCUT2D eigenvalue weighted by atomic mass is 16.1. The smallest absolute Gasteiger partial charge is 0.243 e. The third-order valence-corrected chi connectivity index (χ3v) is 4.02. The maximum absolute atomic E-state index is 11.6. The first-order chi connectivity index (χ1) is 11.2. The van der Waals surface area contributed by atoms with Gasteiger partial charge in [-0.1, -0.05) is 6.58 Å². The Kier molecular flexibility index (Phi) is 4.36. The quantitative estimate of drug-likeness (QED) is 0.828. The van der Waals surface area contributed by atoms with Gasteiger partial charge in [0.25, 0.3) is 0 Å². The minimum absolute atomic E-state index is 0.0878. The topological polar surface area (TPSA) is 97.0 Å². The molecule has 0 aliphatic carbocycles. The molecule has 0 unspecified atom stereocenters. The highest BCUT2D eigenvalue weighted by Crippen LogP contribution is 2.22. The van der Waals surface area contributed by atoms with Gasteiger partial charge in [0.2, 0.25) is 5.91 Å². The number of nitrogen functional groups attached to an aromatic ring is 1. The second kappa shape index (κ2) is 6.60. The first-order valence-corrected chi connectivity index (χ1v) is 7.72. The van der Waals surface area contributed by atoms with Gasteiger partial charge in [-0.15, -0.1) is 0 Å². The average Bonchev–Trinajstić information content (AvgIpc) is 2.80. The molecule has 0 aromatic carbocycles. The van der Waals surface area contributed by atoms with E-state index >= 15 is 0 Å². The number of hydrogen-bond acceptors (Lipinski definition) is 6. The van der Waals surface area contributed by atoms with E-state index in [1.165, 1.54) is 12.4 Å². The summed E-state index contributed by atoms with van der Waals surface area (Å²) in [6, 6.07) is 3.93. The van der Waals surface area contributed by atoms with Crippen molar-refractivity contribution in [2.75, 3.05) is 23.7 Å². The average molecular weight is 312 g/mol. The van der Waals surface area contributed by atoms with Crippen LogP contribution < -0.4 is 16.0 Å². The van der Waals surface area contributed by atoms with Gasteiger partial charge in [-0.25, -0.2) is 15.0 Å². The summed E-state index contributed by atoms with van der Waals surface area (Å²) < 4.78 is 0. The van der Waals surface area contributed by atoms with Gasteiger partial charge in [-0.3, -0.25) is 4.79 Å². The largest absolute Gasteiger partial charge is 0.382 e. The van der Waals surface area contributed by atoms with Crippen molar-refractivity contribution in [3.63, 3.8) is 0 Å². The molecular formula is C16H20N6O. The molecule has 1 amide bonds. The molecule has 0 radical (unpaired) electrons. The Labute approximate surface area is 134 Å². The lowest BCUT2D eigenvalue weighted by molar-refractivity contribution is -0.117. The van der Waals surface area contributed by atoms with Crippen LogP contribution in [0.2, 0.25) is 0 Å². The third-order valence-electron chi connectivity index (χ3n) is 4.02. The Morgan fingerprint density at radius 3 is 3.09 bits per heavy atom. The van der Waals surface area contributed by atoms with Crippen molar-refractivity contribution in [3.05, 3.63) is 31.1 Å². The number of hydrogen-bond donors (Lipinski definition) is 2. The number of carbonyl (C=O) groups is 1. The highest BCUT2D eigenvalue weighted by molar-refractivity contribution is 5.87. The van der Waals surface area contributed by atoms with Crippen LogP contribution >= 0.6 is 0 Å². The molecule has 1 fully saturated rings. The summed E-state index contributed by atoms with van der Waals surface area (Å²) >= 11 is 0. The number of amides is 1. The minimum atomic E-state index is -0.138. The molecule has 23 heavy (non-hydrogen) atoms. The maximum Gasteiger partial charge on any atom is 0.243 e. The first-order valence-electron chi connectivity index (χ1n) is 7.72. The van der Waals surface area contributed by atoms with Gasteiger partial charge in [-0.05, 0) is 37.5 Å². The molecule has 3 heterocycles. The number of anilines is 2. The number of nitrogens with two attached hydrogens (primary N) is 1. The van der Waals surface area contributed by atoms with Crippen LogP contribution in [0, 0.1) is 0 Å². The Morgan fingerprint density at radius 1 is 1.39 bits per heavy atom. The van der Waals surface area contributed by atoms with Crippen LogP contribution in [0.15, 0.2) is 31.1 Å². The lowest BCUT2D eigenvalue weighted by Gasteiger charge is -2.26. The number of rotatable bonds is 3. The molecule has 1 aliphatic heterocycles. The first kappa shape index (κ1) is 15.2. The third kappa shape index (κ3) is 3.39. The van der Waals surface area contributed by atoms with Crippen LogP contribution in [-0.2, 0) is 4.79 Å². The fraction of sp³-hybridized carbons (Fsp3) is 0.375. The summed E-state index contributed by atoms with van der Waals surface area (Å²) in [5.41, 5.74) is 7.24. The Balaban J connectivity index is 1.85. The van der Waals surface area contributed by atoms with E-state index < -0.39 is 0 Å². The normalized spacial score (nSPS) is 18.4. The fourth-order valence-corrected chi connectivity index (χ4v) is 2.85. The van der Waals surface area contributed by atoms with Gasteiger partial charge in [0.05, 0.1) is 5.52 Å². The number of pyridine rings is 1. The molecule has 0 spiro atoms. The Morgan fingerprint density at radius 2 is 2.26 bits per heavy atom. The summed E-state index contributed by atoms with van der Waals surface area (Å²) in [5, 5.41) is 2.98. The summed E-state index contributed by atoms with van der Waals surface area (Å²) in [7, 11) is 0. The molecule has 0 bridgehead atoms. The SMILES string of the molecule is C=CC(=O)N[C@@H]1CCCCN(c2ccc3ncnc(N)c3n2)C1. The Bertz CT molecular complexity index is 732. The molecule has 1 aliphatic rings. The predicted octanol–water partition coefficient (Wildman–Crippen LogP) is 1.27. The number of nitrogens with zero attached hydrogens (tertiary/aromatic N) is 4.